The van der Waals surface area contributed by atoms with Crippen LogP contribution in [0.5, 0.6) is 0 Å². The van der Waals surface area contributed by atoms with Crippen LogP contribution in [0.15, 0.2) is 12.3 Å². The summed E-state index contributed by atoms with van der Waals surface area (Å²) in [7, 11) is 4.06. The van der Waals surface area contributed by atoms with Crippen LogP contribution in [0.4, 0.5) is 0 Å². The predicted octanol–water partition coefficient (Wildman–Crippen LogP) is 0.262. The maximum atomic E-state index is 3.75. The van der Waals surface area contributed by atoms with Gasteiger partial charge in [-0.15, -0.1) is 12.3 Å². The summed E-state index contributed by atoms with van der Waals surface area (Å²) in [5.74, 6) is 0. The minimum absolute atomic E-state index is 0.0718. The Bertz CT molecular complexity index is 92.1. The Morgan fingerprint density at radius 3 is 2.55 bits per heavy atom. The quantitative estimate of drug-likeness (QED) is 0.327. The standard InChI is InChI=1S/C8H20N2Si/c1-4-11-7-5-6-8(9-2)10-3/h4,8-10H,1,5-7,11H2,2-3H3. The molecule has 0 bridgehead atoms. The SMILES string of the molecule is C=C[SiH2]CCCC(NC)NC. The second kappa shape index (κ2) is 7.98. The van der Waals surface area contributed by atoms with Gasteiger partial charge in [0.15, 0.2) is 0 Å². The van der Waals surface area contributed by atoms with Crippen LogP contribution in [0.25, 0.3) is 0 Å². The molecule has 0 fully saturated rings. The van der Waals surface area contributed by atoms with Crippen molar-refractivity contribution in [3.05, 3.63) is 12.3 Å². The van der Waals surface area contributed by atoms with Gasteiger partial charge in [-0.3, -0.25) is 0 Å². The highest BCUT2D eigenvalue weighted by atomic mass is 28.2. The fourth-order valence-electron chi connectivity index (χ4n) is 1.07. The van der Waals surface area contributed by atoms with E-state index in [9.17, 15) is 0 Å². The molecule has 0 saturated carbocycles. The molecule has 0 radical (unpaired) electrons. The van der Waals surface area contributed by atoms with Crippen LogP contribution in [0, 0.1) is 0 Å². The molecule has 2 N–H and O–H groups in total. The van der Waals surface area contributed by atoms with Gasteiger partial charge in [0.05, 0.1) is 6.17 Å². The molecule has 0 heterocycles. The van der Waals surface area contributed by atoms with E-state index in [1.165, 1.54) is 18.9 Å². The third kappa shape index (κ3) is 6.28. The largest absolute Gasteiger partial charge is 0.305 e. The summed E-state index contributed by atoms with van der Waals surface area (Å²) in [6, 6.07) is 1.39. The third-order valence-corrected chi connectivity index (χ3v) is 3.16. The minimum atomic E-state index is 0.0718. The second-order valence-corrected chi connectivity index (χ2v) is 4.56. The van der Waals surface area contributed by atoms with Gasteiger partial charge in [0.1, 0.15) is 0 Å². The summed E-state index contributed by atoms with van der Waals surface area (Å²) in [5.41, 5.74) is 2.12. The Kier molecular flexibility index (Phi) is 7.89. The summed E-state index contributed by atoms with van der Waals surface area (Å²) in [6.07, 6.45) is 3.05. The van der Waals surface area contributed by atoms with E-state index in [0.29, 0.717) is 6.17 Å². The first kappa shape index (κ1) is 10.9. The van der Waals surface area contributed by atoms with E-state index >= 15 is 0 Å². The van der Waals surface area contributed by atoms with Crippen molar-refractivity contribution in [2.75, 3.05) is 14.1 Å². The van der Waals surface area contributed by atoms with Gasteiger partial charge in [0.25, 0.3) is 0 Å². The number of rotatable bonds is 7. The molecule has 0 aliphatic heterocycles. The molecular weight excluding hydrogens is 152 g/mol. The first-order valence-corrected chi connectivity index (χ1v) is 6.12. The molecule has 11 heavy (non-hydrogen) atoms. The molecule has 0 saturated heterocycles. The average Bonchev–Trinajstić information content (AvgIpc) is 2.05. The van der Waals surface area contributed by atoms with Crippen molar-refractivity contribution in [1.82, 2.24) is 10.6 Å². The fraction of sp³-hybridized carbons (Fsp3) is 0.750. The van der Waals surface area contributed by atoms with E-state index in [4.69, 9.17) is 0 Å². The maximum Gasteiger partial charge on any atom is 0.0566 e. The molecular formula is C8H20N2Si. The van der Waals surface area contributed by atoms with Crippen molar-refractivity contribution < 1.29 is 0 Å². The van der Waals surface area contributed by atoms with Crippen molar-refractivity contribution >= 4 is 9.52 Å². The zero-order valence-corrected chi connectivity index (χ0v) is 9.10. The molecule has 0 unspecified atom stereocenters. The monoisotopic (exact) mass is 172 g/mol. The number of hydrogen-bond donors (Lipinski definition) is 2. The summed E-state index contributed by atoms with van der Waals surface area (Å²) in [5, 5.41) is 6.41. The zero-order chi connectivity index (χ0) is 8.53. The highest BCUT2D eigenvalue weighted by molar-refractivity contribution is 6.41. The third-order valence-electron chi connectivity index (χ3n) is 1.85. The van der Waals surface area contributed by atoms with Gasteiger partial charge in [-0.1, -0.05) is 12.5 Å². The van der Waals surface area contributed by atoms with Crippen LogP contribution in [-0.4, -0.2) is 29.8 Å². The molecule has 2 nitrogen and oxygen atoms in total. The van der Waals surface area contributed by atoms with Gasteiger partial charge >= 0.3 is 0 Å². The van der Waals surface area contributed by atoms with Gasteiger partial charge in [0, 0.05) is 9.52 Å². The van der Waals surface area contributed by atoms with Crippen molar-refractivity contribution in [2.24, 2.45) is 0 Å². The predicted molar refractivity (Wildman–Crippen MR) is 54.7 cm³/mol. The Labute approximate surface area is 72.3 Å². The van der Waals surface area contributed by atoms with E-state index < -0.39 is 0 Å². The molecule has 0 aromatic heterocycles. The van der Waals surface area contributed by atoms with E-state index in [-0.39, 0.29) is 9.52 Å². The highest BCUT2D eigenvalue weighted by Gasteiger charge is 1.99. The molecule has 0 amide bonds. The van der Waals surface area contributed by atoms with Gasteiger partial charge in [0.2, 0.25) is 0 Å². The topological polar surface area (TPSA) is 24.1 Å². The summed E-state index contributed by atoms with van der Waals surface area (Å²) < 4.78 is 0. The minimum Gasteiger partial charge on any atom is -0.305 e. The Balaban J connectivity index is 3.13. The number of nitrogens with one attached hydrogen (secondary N) is 2. The van der Waals surface area contributed by atoms with Crippen LogP contribution in [-0.2, 0) is 0 Å². The Hall–Kier alpha value is -0.123. The van der Waals surface area contributed by atoms with Crippen molar-refractivity contribution in [2.45, 2.75) is 25.1 Å². The van der Waals surface area contributed by atoms with E-state index in [0.717, 1.165) is 0 Å². The highest BCUT2D eigenvalue weighted by Crippen LogP contribution is 1.97. The van der Waals surface area contributed by atoms with Crippen LogP contribution in [0.3, 0.4) is 0 Å². The van der Waals surface area contributed by atoms with Crippen LogP contribution < -0.4 is 10.6 Å². The summed E-state index contributed by atoms with van der Waals surface area (Å²) in [6.45, 7) is 3.75. The van der Waals surface area contributed by atoms with Crippen LogP contribution in [0.2, 0.25) is 6.04 Å². The lowest BCUT2D eigenvalue weighted by molar-refractivity contribution is 0.458. The van der Waals surface area contributed by atoms with Crippen molar-refractivity contribution in [3.63, 3.8) is 0 Å². The van der Waals surface area contributed by atoms with Crippen LogP contribution in [0.1, 0.15) is 12.8 Å². The van der Waals surface area contributed by atoms with E-state index in [1.807, 2.05) is 14.1 Å². The van der Waals surface area contributed by atoms with Gasteiger partial charge < -0.3 is 10.6 Å². The normalized spacial score (nSPS) is 11.5. The average molecular weight is 172 g/mol. The summed E-state index contributed by atoms with van der Waals surface area (Å²) >= 11 is 0. The van der Waals surface area contributed by atoms with Crippen molar-refractivity contribution in [1.29, 1.82) is 0 Å². The molecule has 0 aromatic rings. The molecule has 0 aromatic carbocycles. The second-order valence-electron chi connectivity index (χ2n) is 2.70. The van der Waals surface area contributed by atoms with Gasteiger partial charge in [-0.2, -0.15) is 0 Å². The smallest absolute Gasteiger partial charge is 0.0566 e. The molecule has 66 valence electrons. The molecule has 0 aliphatic carbocycles. The molecule has 3 heteroatoms. The fourth-order valence-corrected chi connectivity index (χ4v) is 1.94. The van der Waals surface area contributed by atoms with Crippen LogP contribution >= 0.6 is 0 Å². The zero-order valence-electron chi connectivity index (χ0n) is 7.69. The lowest BCUT2D eigenvalue weighted by Gasteiger charge is -2.13. The lowest BCUT2D eigenvalue weighted by atomic mass is 10.3. The summed E-state index contributed by atoms with van der Waals surface area (Å²) in [4.78, 5) is 0. The first-order chi connectivity index (χ1) is 5.35. The van der Waals surface area contributed by atoms with E-state index in [1.54, 1.807) is 0 Å². The van der Waals surface area contributed by atoms with Gasteiger partial charge in [-0.25, -0.2) is 0 Å². The molecule has 0 atom stereocenters. The van der Waals surface area contributed by atoms with Crippen molar-refractivity contribution in [3.8, 4) is 0 Å². The Morgan fingerprint density at radius 2 is 2.09 bits per heavy atom. The molecule has 0 rings (SSSR count). The Morgan fingerprint density at radius 1 is 1.45 bits per heavy atom. The first-order valence-electron chi connectivity index (χ1n) is 4.30. The number of hydrogen-bond acceptors (Lipinski definition) is 2. The van der Waals surface area contributed by atoms with Gasteiger partial charge in [-0.05, 0) is 20.5 Å². The maximum absolute atomic E-state index is 3.75. The lowest BCUT2D eigenvalue weighted by Crippen LogP contribution is -2.37. The molecule has 0 spiro atoms. The molecule has 0 aliphatic rings. The van der Waals surface area contributed by atoms with E-state index in [2.05, 4.69) is 22.9 Å².